The summed E-state index contributed by atoms with van der Waals surface area (Å²) < 4.78 is 19.0. The lowest BCUT2D eigenvalue weighted by Crippen LogP contribution is -2.40. The maximum atomic E-state index is 13.5. The van der Waals surface area contributed by atoms with Gasteiger partial charge < -0.3 is 9.42 Å². The minimum Gasteiger partial charge on any atom is -0.342 e. The largest absolute Gasteiger partial charge is 0.342 e. The molecule has 5 rings (SSSR count). The molecule has 2 aromatic carbocycles. The molecule has 3 aromatic rings. The molecular formula is C25H26FN3O2. The first-order valence-electron chi connectivity index (χ1n) is 11.1. The van der Waals surface area contributed by atoms with Crippen LogP contribution in [0.5, 0.6) is 0 Å². The van der Waals surface area contributed by atoms with Gasteiger partial charge in [-0.05, 0) is 67.3 Å². The Morgan fingerprint density at radius 1 is 1.10 bits per heavy atom. The van der Waals surface area contributed by atoms with Crippen molar-refractivity contribution in [3.63, 3.8) is 0 Å². The average molecular weight is 420 g/mol. The van der Waals surface area contributed by atoms with E-state index < -0.39 is 0 Å². The third kappa shape index (κ3) is 4.38. The topological polar surface area (TPSA) is 59.2 Å². The van der Waals surface area contributed by atoms with Crippen molar-refractivity contribution < 1.29 is 13.7 Å². The van der Waals surface area contributed by atoms with E-state index in [4.69, 9.17) is 4.52 Å². The molecular weight excluding hydrogens is 393 g/mol. The zero-order valence-electron chi connectivity index (χ0n) is 17.5. The van der Waals surface area contributed by atoms with Crippen LogP contribution < -0.4 is 0 Å². The molecule has 0 radical (unpaired) electrons. The van der Waals surface area contributed by atoms with Gasteiger partial charge in [0.1, 0.15) is 5.82 Å². The fourth-order valence-corrected chi connectivity index (χ4v) is 4.73. The molecule has 31 heavy (non-hydrogen) atoms. The van der Waals surface area contributed by atoms with E-state index in [0.717, 1.165) is 37.8 Å². The molecule has 2 aliphatic rings. The van der Waals surface area contributed by atoms with Crippen molar-refractivity contribution in [3.8, 4) is 11.4 Å². The minimum atomic E-state index is -0.333. The lowest BCUT2D eigenvalue weighted by Gasteiger charge is -2.31. The van der Waals surface area contributed by atoms with E-state index in [9.17, 15) is 9.18 Å². The van der Waals surface area contributed by atoms with Crippen LogP contribution in [-0.4, -0.2) is 34.0 Å². The standard InChI is InChI=1S/C25H26FN3O2/c26-22-9-3-7-20(15-22)24-27-25(31-28-24)21-8-4-12-29(16-21)23(30)14-17-10-11-18-5-1-2-6-19(18)13-17/h3,7,9-11,13,15,21H,1-2,4-6,8,12,14,16H2. The van der Waals surface area contributed by atoms with Gasteiger partial charge in [-0.15, -0.1) is 0 Å². The monoisotopic (exact) mass is 419 g/mol. The Bertz CT molecular complexity index is 1090. The van der Waals surface area contributed by atoms with Gasteiger partial charge in [0.05, 0.1) is 12.3 Å². The van der Waals surface area contributed by atoms with E-state index in [-0.39, 0.29) is 17.6 Å². The number of hydrogen-bond donors (Lipinski definition) is 0. The number of carbonyl (C=O) groups is 1. The first-order chi connectivity index (χ1) is 15.2. The van der Waals surface area contributed by atoms with Crippen molar-refractivity contribution in [2.45, 2.75) is 50.9 Å². The predicted molar refractivity (Wildman–Crippen MR) is 115 cm³/mol. The highest BCUT2D eigenvalue weighted by Crippen LogP contribution is 2.28. The quantitative estimate of drug-likeness (QED) is 0.615. The second-order valence-corrected chi connectivity index (χ2v) is 8.63. The summed E-state index contributed by atoms with van der Waals surface area (Å²) in [5.74, 6) is 0.722. The second-order valence-electron chi connectivity index (χ2n) is 8.63. The van der Waals surface area contributed by atoms with Crippen molar-refractivity contribution in [1.82, 2.24) is 15.0 Å². The number of benzene rings is 2. The smallest absolute Gasteiger partial charge is 0.231 e. The molecule has 5 nitrogen and oxygen atoms in total. The van der Waals surface area contributed by atoms with Gasteiger partial charge in [0.2, 0.25) is 17.6 Å². The van der Waals surface area contributed by atoms with E-state index in [2.05, 4.69) is 28.3 Å². The fourth-order valence-electron chi connectivity index (χ4n) is 4.73. The summed E-state index contributed by atoms with van der Waals surface area (Å²) >= 11 is 0. The number of nitrogens with zero attached hydrogens (tertiary/aromatic N) is 3. The molecule has 1 aromatic heterocycles. The summed E-state index contributed by atoms with van der Waals surface area (Å²) in [6.07, 6.45) is 6.99. The van der Waals surface area contributed by atoms with Crippen LogP contribution in [0.2, 0.25) is 0 Å². The fraction of sp³-hybridized carbons (Fsp3) is 0.400. The van der Waals surface area contributed by atoms with Crippen LogP contribution in [0.1, 0.15) is 54.2 Å². The van der Waals surface area contributed by atoms with Gasteiger partial charge in [0, 0.05) is 18.7 Å². The Hall–Kier alpha value is -3.02. The number of halogens is 1. The SMILES string of the molecule is O=C(Cc1ccc2c(c1)CCCC2)N1CCCC(c2nc(-c3cccc(F)c3)no2)C1. The molecule has 1 atom stereocenters. The van der Waals surface area contributed by atoms with Crippen molar-refractivity contribution >= 4 is 5.91 Å². The molecule has 0 bridgehead atoms. The molecule has 1 amide bonds. The van der Waals surface area contributed by atoms with Crippen LogP contribution in [-0.2, 0) is 24.1 Å². The number of piperidine rings is 1. The summed E-state index contributed by atoms with van der Waals surface area (Å²) in [5.41, 5.74) is 4.53. The normalized spacial score (nSPS) is 18.6. The molecule has 1 fully saturated rings. The van der Waals surface area contributed by atoms with Gasteiger partial charge >= 0.3 is 0 Å². The molecule has 160 valence electrons. The zero-order chi connectivity index (χ0) is 21.2. The maximum Gasteiger partial charge on any atom is 0.231 e. The Balaban J connectivity index is 1.26. The Kier molecular flexibility index (Phi) is 5.53. The van der Waals surface area contributed by atoms with Gasteiger partial charge in [-0.1, -0.05) is 35.5 Å². The van der Waals surface area contributed by atoms with Gasteiger partial charge in [-0.2, -0.15) is 4.98 Å². The Morgan fingerprint density at radius 3 is 2.84 bits per heavy atom. The molecule has 6 heteroatoms. The van der Waals surface area contributed by atoms with Gasteiger partial charge in [0.25, 0.3) is 0 Å². The van der Waals surface area contributed by atoms with Crippen LogP contribution in [0.25, 0.3) is 11.4 Å². The molecule has 0 saturated carbocycles. The summed E-state index contributed by atoms with van der Waals surface area (Å²) in [7, 11) is 0. The predicted octanol–water partition coefficient (Wildman–Crippen LogP) is 4.70. The van der Waals surface area contributed by atoms with E-state index in [0.29, 0.717) is 30.2 Å². The lowest BCUT2D eigenvalue weighted by molar-refractivity contribution is -0.131. The highest BCUT2D eigenvalue weighted by molar-refractivity contribution is 5.79. The van der Waals surface area contributed by atoms with E-state index >= 15 is 0 Å². The Labute approximate surface area is 181 Å². The van der Waals surface area contributed by atoms with E-state index in [1.807, 2.05) is 4.90 Å². The van der Waals surface area contributed by atoms with Crippen molar-refractivity contribution in [3.05, 3.63) is 70.9 Å². The van der Waals surface area contributed by atoms with Crippen LogP contribution in [0.15, 0.2) is 47.0 Å². The van der Waals surface area contributed by atoms with Crippen molar-refractivity contribution in [2.24, 2.45) is 0 Å². The first kappa shape index (κ1) is 19.9. The number of fused-ring (bicyclic) bond motifs is 1. The number of rotatable bonds is 4. The minimum absolute atomic E-state index is 0.0102. The number of aryl methyl sites for hydroxylation is 2. The molecule has 0 spiro atoms. The summed E-state index contributed by atoms with van der Waals surface area (Å²) in [6, 6.07) is 12.7. The lowest BCUT2D eigenvalue weighted by atomic mass is 9.90. The van der Waals surface area contributed by atoms with Crippen LogP contribution in [0, 0.1) is 5.82 Å². The number of hydrogen-bond acceptors (Lipinski definition) is 4. The number of amides is 1. The zero-order valence-corrected chi connectivity index (χ0v) is 17.5. The van der Waals surface area contributed by atoms with Gasteiger partial charge in [-0.25, -0.2) is 4.39 Å². The third-order valence-corrected chi connectivity index (χ3v) is 6.42. The van der Waals surface area contributed by atoms with Crippen LogP contribution >= 0.6 is 0 Å². The number of aromatic nitrogens is 2. The number of likely N-dealkylation sites (tertiary alicyclic amines) is 1. The molecule has 2 heterocycles. The van der Waals surface area contributed by atoms with Gasteiger partial charge in [-0.3, -0.25) is 4.79 Å². The molecule has 0 N–H and O–H groups in total. The Morgan fingerprint density at radius 2 is 1.97 bits per heavy atom. The van der Waals surface area contributed by atoms with Gasteiger partial charge in [0.15, 0.2) is 0 Å². The molecule has 1 aliphatic carbocycles. The molecule has 1 unspecified atom stereocenters. The summed E-state index contributed by atoms with van der Waals surface area (Å²) in [5, 5.41) is 4.03. The first-order valence-corrected chi connectivity index (χ1v) is 11.1. The van der Waals surface area contributed by atoms with Crippen LogP contribution in [0.4, 0.5) is 4.39 Å². The molecule has 1 saturated heterocycles. The third-order valence-electron chi connectivity index (χ3n) is 6.42. The molecule has 1 aliphatic heterocycles. The second kappa shape index (κ2) is 8.61. The number of carbonyl (C=O) groups excluding carboxylic acids is 1. The average Bonchev–Trinajstić information content (AvgIpc) is 3.30. The highest BCUT2D eigenvalue weighted by atomic mass is 19.1. The van der Waals surface area contributed by atoms with E-state index in [1.165, 1.54) is 36.1 Å². The van der Waals surface area contributed by atoms with E-state index in [1.54, 1.807) is 12.1 Å². The summed E-state index contributed by atoms with van der Waals surface area (Å²) in [6.45, 7) is 1.33. The maximum absolute atomic E-state index is 13.5. The van der Waals surface area contributed by atoms with Crippen molar-refractivity contribution in [1.29, 1.82) is 0 Å². The van der Waals surface area contributed by atoms with Crippen LogP contribution in [0.3, 0.4) is 0 Å². The highest BCUT2D eigenvalue weighted by Gasteiger charge is 2.29. The summed E-state index contributed by atoms with van der Waals surface area (Å²) in [4.78, 5) is 19.4. The van der Waals surface area contributed by atoms with Crippen molar-refractivity contribution in [2.75, 3.05) is 13.1 Å².